The lowest BCUT2D eigenvalue weighted by molar-refractivity contribution is 0.0203. The molecule has 0 saturated heterocycles. The van der Waals surface area contributed by atoms with E-state index in [4.69, 9.17) is 9.47 Å². The smallest absolute Gasteiger partial charge is 0.338 e. The van der Waals surface area contributed by atoms with Gasteiger partial charge in [0.2, 0.25) is 0 Å². The molecule has 1 aliphatic carbocycles. The SMILES string of the molecule is COc1cccc(C(=O)OC(C)C2CCCC2)c1. The zero-order chi connectivity index (χ0) is 13.0. The molecule has 0 amide bonds. The maximum atomic E-state index is 12.0. The Bertz CT molecular complexity index is 408. The van der Waals surface area contributed by atoms with Gasteiger partial charge in [-0.15, -0.1) is 0 Å². The number of ether oxygens (including phenoxy) is 2. The van der Waals surface area contributed by atoms with Crippen LogP contribution < -0.4 is 4.74 Å². The van der Waals surface area contributed by atoms with Crippen molar-refractivity contribution in [2.45, 2.75) is 38.7 Å². The van der Waals surface area contributed by atoms with Crippen LogP contribution in [0.15, 0.2) is 24.3 Å². The Hall–Kier alpha value is -1.51. The quantitative estimate of drug-likeness (QED) is 0.766. The largest absolute Gasteiger partial charge is 0.497 e. The minimum absolute atomic E-state index is 0.00574. The fourth-order valence-corrected chi connectivity index (χ4v) is 2.51. The highest BCUT2D eigenvalue weighted by atomic mass is 16.5. The number of esters is 1. The molecular weight excluding hydrogens is 228 g/mol. The summed E-state index contributed by atoms with van der Waals surface area (Å²) in [7, 11) is 1.59. The molecule has 1 aliphatic rings. The molecule has 0 radical (unpaired) electrons. The third-order valence-corrected chi connectivity index (χ3v) is 3.66. The number of carbonyl (C=O) groups excluding carboxylic acids is 1. The van der Waals surface area contributed by atoms with E-state index in [1.807, 2.05) is 13.0 Å². The van der Waals surface area contributed by atoms with Crippen LogP contribution >= 0.6 is 0 Å². The fourth-order valence-electron chi connectivity index (χ4n) is 2.51. The second kappa shape index (κ2) is 5.89. The zero-order valence-electron chi connectivity index (χ0n) is 11.0. The molecule has 0 aliphatic heterocycles. The van der Waals surface area contributed by atoms with Gasteiger partial charge in [0.05, 0.1) is 12.7 Å². The number of carbonyl (C=O) groups is 1. The Kier molecular flexibility index (Phi) is 4.24. The van der Waals surface area contributed by atoms with E-state index < -0.39 is 0 Å². The van der Waals surface area contributed by atoms with Crippen molar-refractivity contribution in [1.29, 1.82) is 0 Å². The third-order valence-electron chi connectivity index (χ3n) is 3.66. The molecule has 1 atom stereocenters. The Labute approximate surface area is 108 Å². The van der Waals surface area contributed by atoms with Crippen molar-refractivity contribution < 1.29 is 14.3 Å². The van der Waals surface area contributed by atoms with E-state index in [1.165, 1.54) is 25.7 Å². The Morgan fingerprint density at radius 1 is 1.33 bits per heavy atom. The number of hydrogen-bond donors (Lipinski definition) is 0. The molecular formula is C15H20O3. The van der Waals surface area contributed by atoms with Crippen molar-refractivity contribution in [3.05, 3.63) is 29.8 Å². The monoisotopic (exact) mass is 248 g/mol. The molecule has 1 unspecified atom stereocenters. The van der Waals surface area contributed by atoms with Crippen molar-refractivity contribution in [2.75, 3.05) is 7.11 Å². The van der Waals surface area contributed by atoms with Gasteiger partial charge >= 0.3 is 5.97 Å². The summed E-state index contributed by atoms with van der Waals surface area (Å²) in [4.78, 5) is 12.0. The molecule has 0 spiro atoms. The van der Waals surface area contributed by atoms with E-state index in [-0.39, 0.29) is 12.1 Å². The molecule has 1 aromatic carbocycles. The molecule has 0 heterocycles. The molecule has 3 nitrogen and oxygen atoms in total. The summed E-state index contributed by atoms with van der Waals surface area (Å²) in [6.07, 6.45) is 4.86. The highest BCUT2D eigenvalue weighted by Crippen LogP contribution is 2.29. The van der Waals surface area contributed by atoms with Gasteiger partial charge in [-0.2, -0.15) is 0 Å². The van der Waals surface area contributed by atoms with Crippen LogP contribution in [0, 0.1) is 5.92 Å². The number of methoxy groups -OCH3 is 1. The van der Waals surface area contributed by atoms with E-state index in [1.54, 1.807) is 25.3 Å². The van der Waals surface area contributed by atoms with Crippen LogP contribution in [-0.4, -0.2) is 19.2 Å². The average Bonchev–Trinajstić information content (AvgIpc) is 2.92. The second-order valence-electron chi connectivity index (χ2n) is 4.89. The van der Waals surface area contributed by atoms with Gasteiger partial charge in [-0.3, -0.25) is 0 Å². The molecule has 1 fully saturated rings. The molecule has 2 rings (SSSR count). The minimum atomic E-state index is -0.256. The third kappa shape index (κ3) is 3.03. The van der Waals surface area contributed by atoms with Gasteiger partial charge < -0.3 is 9.47 Å². The van der Waals surface area contributed by atoms with Crippen molar-refractivity contribution >= 4 is 5.97 Å². The topological polar surface area (TPSA) is 35.5 Å². The summed E-state index contributed by atoms with van der Waals surface area (Å²) < 4.78 is 10.6. The van der Waals surface area contributed by atoms with Crippen LogP contribution in [0.25, 0.3) is 0 Å². The Balaban J connectivity index is 1.97. The standard InChI is InChI=1S/C15H20O3/c1-11(12-6-3-4-7-12)18-15(16)13-8-5-9-14(10-13)17-2/h5,8-12H,3-4,6-7H2,1-2H3. The van der Waals surface area contributed by atoms with E-state index in [9.17, 15) is 4.79 Å². The normalized spacial score (nSPS) is 17.4. The highest BCUT2D eigenvalue weighted by Gasteiger charge is 2.24. The summed E-state index contributed by atoms with van der Waals surface area (Å²) in [6, 6.07) is 7.09. The van der Waals surface area contributed by atoms with E-state index >= 15 is 0 Å². The molecule has 0 N–H and O–H groups in total. The van der Waals surface area contributed by atoms with Crippen LogP contribution in [0.2, 0.25) is 0 Å². The molecule has 0 aromatic heterocycles. The van der Waals surface area contributed by atoms with Crippen molar-refractivity contribution in [2.24, 2.45) is 5.92 Å². The highest BCUT2D eigenvalue weighted by molar-refractivity contribution is 5.89. The predicted octanol–water partition coefficient (Wildman–Crippen LogP) is 3.43. The minimum Gasteiger partial charge on any atom is -0.497 e. The summed E-state index contributed by atoms with van der Waals surface area (Å²) in [5, 5.41) is 0. The summed E-state index contributed by atoms with van der Waals surface area (Å²) in [5.41, 5.74) is 0.555. The molecule has 3 heteroatoms. The van der Waals surface area contributed by atoms with E-state index in [0.29, 0.717) is 17.2 Å². The van der Waals surface area contributed by atoms with Crippen molar-refractivity contribution in [1.82, 2.24) is 0 Å². The van der Waals surface area contributed by atoms with Crippen LogP contribution in [0.1, 0.15) is 43.0 Å². The first-order valence-corrected chi connectivity index (χ1v) is 6.55. The van der Waals surface area contributed by atoms with Crippen LogP contribution in [-0.2, 0) is 4.74 Å². The van der Waals surface area contributed by atoms with Gasteiger partial charge in [0.15, 0.2) is 0 Å². The second-order valence-corrected chi connectivity index (χ2v) is 4.89. The van der Waals surface area contributed by atoms with Gasteiger partial charge in [0.25, 0.3) is 0 Å². The summed E-state index contributed by atoms with van der Waals surface area (Å²) in [5.74, 6) is 0.950. The summed E-state index contributed by atoms with van der Waals surface area (Å²) in [6.45, 7) is 1.99. The first-order valence-electron chi connectivity index (χ1n) is 6.55. The van der Waals surface area contributed by atoms with Crippen LogP contribution in [0.4, 0.5) is 0 Å². The lowest BCUT2D eigenvalue weighted by atomic mass is 10.0. The molecule has 18 heavy (non-hydrogen) atoms. The van der Waals surface area contributed by atoms with Gasteiger partial charge in [0, 0.05) is 0 Å². The molecule has 1 aromatic rings. The first-order chi connectivity index (χ1) is 8.70. The predicted molar refractivity (Wildman–Crippen MR) is 69.8 cm³/mol. The summed E-state index contributed by atoms with van der Waals surface area (Å²) >= 11 is 0. The van der Waals surface area contributed by atoms with Crippen molar-refractivity contribution in [3.8, 4) is 5.75 Å². The molecule has 98 valence electrons. The Morgan fingerprint density at radius 3 is 2.72 bits per heavy atom. The lowest BCUT2D eigenvalue weighted by Gasteiger charge is -2.19. The first kappa shape index (κ1) is 12.9. The van der Waals surface area contributed by atoms with Gasteiger partial charge in [-0.25, -0.2) is 4.79 Å². The van der Waals surface area contributed by atoms with Crippen LogP contribution in [0.3, 0.4) is 0 Å². The van der Waals surface area contributed by atoms with Crippen LogP contribution in [0.5, 0.6) is 5.75 Å². The maximum Gasteiger partial charge on any atom is 0.338 e. The number of hydrogen-bond acceptors (Lipinski definition) is 3. The number of rotatable bonds is 4. The Morgan fingerprint density at radius 2 is 2.06 bits per heavy atom. The van der Waals surface area contributed by atoms with E-state index in [0.717, 1.165) is 0 Å². The maximum absolute atomic E-state index is 12.0. The van der Waals surface area contributed by atoms with E-state index in [2.05, 4.69) is 0 Å². The van der Waals surface area contributed by atoms with Gasteiger partial charge in [-0.05, 0) is 43.9 Å². The molecule has 0 bridgehead atoms. The van der Waals surface area contributed by atoms with Crippen molar-refractivity contribution in [3.63, 3.8) is 0 Å². The average molecular weight is 248 g/mol. The zero-order valence-corrected chi connectivity index (χ0v) is 11.0. The molecule has 1 saturated carbocycles. The number of benzene rings is 1. The van der Waals surface area contributed by atoms with Gasteiger partial charge in [-0.1, -0.05) is 18.9 Å². The van der Waals surface area contributed by atoms with Gasteiger partial charge in [0.1, 0.15) is 11.9 Å². The fraction of sp³-hybridized carbons (Fsp3) is 0.533. The lowest BCUT2D eigenvalue weighted by Crippen LogP contribution is -2.22.